The van der Waals surface area contributed by atoms with E-state index in [1.54, 1.807) is 25.3 Å². The average Bonchev–Trinajstić information content (AvgIpc) is 2.37. The Kier molecular flexibility index (Phi) is 4.78. The summed E-state index contributed by atoms with van der Waals surface area (Å²) in [4.78, 5) is 12.1. The molecule has 0 saturated heterocycles. The predicted octanol–water partition coefficient (Wildman–Crippen LogP) is 2.02. The zero-order valence-corrected chi connectivity index (χ0v) is 12.1. The van der Waals surface area contributed by atoms with Crippen LogP contribution in [0.1, 0.15) is 20.8 Å². The molecule has 5 nitrogen and oxygen atoms in total. The van der Waals surface area contributed by atoms with E-state index in [2.05, 4.69) is 5.32 Å². The van der Waals surface area contributed by atoms with Crippen LogP contribution in [0.25, 0.3) is 0 Å². The molecule has 0 fully saturated rings. The van der Waals surface area contributed by atoms with E-state index in [1.165, 1.54) is 7.11 Å². The van der Waals surface area contributed by atoms with Crippen LogP contribution >= 0.6 is 0 Å². The second kappa shape index (κ2) is 5.93. The van der Waals surface area contributed by atoms with Gasteiger partial charge in [0.25, 0.3) is 0 Å². The van der Waals surface area contributed by atoms with Crippen molar-refractivity contribution in [1.29, 1.82) is 0 Å². The van der Waals surface area contributed by atoms with Gasteiger partial charge < -0.3 is 20.5 Å². The third kappa shape index (κ3) is 3.86. The first-order valence-electron chi connectivity index (χ1n) is 6.08. The molecule has 1 aromatic carbocycles. The zero-order valence-electron chi connectivity index (χ0n) is 12.1. The highest BCUT2D eigenvalue weighted by atomic mass is 16.5. The van der Waals surface area contributed by atoms with Gasteiger partial charge in [0.1, 0.15) is 11.5 Å². The smallest absolute Gasteiger partial charge is 0.241 e. The Morgan fingerprint density at radius 2 is 1.89 bits per heavy atom. The summed E-state index contributed by atoms with van der Waals surface area (Å²) in [6.45, 7) is 5.76. The van der Waals surface area contributed by atoms with Crippen molar-refractivity contribution in [2.45, 2.75) is 26.8 Å². The Morgan fingerprint density at radius 3 is 2.37 bits per heavy atom. The molecule has 106 valence electrons. The minimum absolute atomic E-state index is 0.240. The molecule has 0 saturated carbocycles. The van der Waals surface area contributed by atoms with E-state index in [0.29, 0.717) is 17.2 Å². The van der Waals surface area contributed by atoms with E-state index < -0.39 is 6.04 Å². The first-order valence-corrected chi connectivity index (χ1v) is 6.08. The van der Waals surface area contributed by atoms with E-state index in [4.69, 9.17) is 15.2 Å². The van der Waals surface area contributed by atoms with Crippen molar-refractivity contribution in [2.75, 3.05) is 19.5 Å². The normalized spacial score (nSPS) is 12.7. The lowest BCUT2D eigenvalue weighted by Gasteiger charge is -2.26. The number of methoxy groups -OCH3 is 2. The fourth-order valence-electron chi connectivity index (χ4n) is 1.51. The van der Waals surface area contributed by atoms with Crippen molar-refractivity contribution < 1.29 is 14.3 Å². The number of carbonyl (C=O) groups excluding carboxylic acids is 1. The second-order valence-corrected chi connectivity index (χ2v) is 5.40. The van der Waals surface area contributed by atoms with Crippen LogP contribution in [0.15, 0.2) is 18.2 Å². The van der Waals surface area contributed by atoms with Crippen LogP contribution in [-0.4, -0.2) is 26.2 Å². The van der Waals surface area contributed by atoms with Gasteiger partial charge in [-0.25, -0.2) is 0 Å². The number of carbonyl (C=O) groups is 1. The predicted molar refractivity (Wildman–Crippen MR) is 75.6 cm³/mol. The Bertz CT molecular complexity index is 452. The van der Waals surface area contributed by atoms with E-state index in [0.717, 1.165) is 0 Å². The number of ether oxygens (including phenoxy) is 2. The van der Waals surface area contributed by atoms with Gasteiger partial charge in [0.05, 0.1) is 25.9 Å². The highest BCUT2D eigenvalue weighted by Gasteiger charge is 2.27. The van der Waals surface area contributed by atoms with Crippen molar-refractivity contribution in [1.82, 2.24) is 0 Å². The number of anilines is 1. The first-order chi connectivity index (χ1) is 8.79. The number of benzene rings is 1. The summed E-state index contributed by atoms with van der Waals surface area (Å²) in [5, 5.41) is 2.77. The minimum atomic E-state index is -0.598. The van der Waals surface area contributed by atoms with Gasteiger partial charge in [0.2, 0.25) is 5.91 Å². The van der Waals surface area contributed by atoms with Crippen molar-refractivity contribution in [3.05, 3.63) is 18.2 Å². The molecule has 1 amide bonds. The first kappa shape index (κ1) is 15.3. The molecular formula is C14H22N2O3. The second-order valence-electron chi connectivity index (χ2n) is 5.40. The lowest BCUT2D eigenvalue weighted by molar-refractivity contribution is -0.119. The van der Waals surface area contributed by atoms with Gasteiger partial charge in [-0.2, -0.15) is 0 Å². The molecule has 1 atom stereocenters. The Balaban J connectivity index is 2.91. The molecule has 0 radical (unpaired) electrons. The molecule has 0 aliphatic carbocycles. The molecule has 0 unspecified atom stereocenters. The number of hydrogen-bond acceptors (Lipinski definition) is 4. The summed E-state index contributed by atoms with van der Waals surface area (Å²) in [5.74, 6) is 0.958. The number of nitrogens with two attached hydrogens (primary N) is 1. The summed E-state index contributed by atoms with van der Waals surface area (Å²) in [7, 11) is 3.11. The van der Waals surface area contributed by atoms with E-state index in [-0.39, 0.29) is 11.3 Å². The maximum atomic E-state index is 12.1. The summed E-state index contributed by atoms with van der Waals surface area (Å²) in [5.41, 5.74) is 6.19. The number of amides is 1. The van der Waals surface area contributed by atoms with Crippen LogP contribution in [0.4, 0.5) is 5.69 Å². The lowest BCUT2D eigenvalue weighted by Crippen LogP contribution is -2.45. The summed E-state index contributed by atoms with van der Waals surface area (Å²) >= 11 is 0. The van der Waals surface area contributed by atoms with Crippen molar-refractivity contribution >= 4 is 11.6 Å². The largest absolute Gasteiger partial charge is 0.497 e. The van der Waals surface area contributed by atoms with Crippen LogP contribution in [-0.2, 0) is 4.79 Å². The van der Waals surface area contributed by atoms with E-state index >= 15 is 0 Å². The minimum Gasteiger partial charge on any atom is -0.497 e. The fourth-order valence-corrected chi connectivity index (χ4v) is 1.51. The number of hydrogen-bond donors (Lipinski definition) is 2. The van der Waals surface area contributed by atoms with Crippen LogP contribution in [0.2, 0.25) is 0 Å². The molecule has 3 N–H and O–H groups in total. The monoisotopic (exact) mass is 266 g/mol. The van der Waals surface area contributed by atoms with Gasteiger partial charge in [-0.05, 0) is 17.5 Å². The molecule has 0 aromatic heterocycles. The number of rotatable bonds is 4. The maximum Gasteiger partial charge on any atom is 0.241 e. The molecule has 1 rings (SSSR count). The van der Waals surface area contributed by atoms with Gasteiger partial charge in [-0.1, -0.05) is 20.8 Å². The van der Waals surface area contributed by atoms with Gasteiger partial charge in [0.15, 0.2) is 0 Å². The van der Waals surface area contributed by atoms with Crippen LogP contribution in [0.3, 0.4) is 0 Å². The molecule has 0 spiro atoms. The quantitative estimate of drug-likeness (QED) is 0.874. The number of nitrogens with one attached hydrogen (secondary N) is 1. The summed E-state index contributed by atoms with van der Waals surface area (Å²) < 4.78 is 10.3. The third-order valence-electron chi connectivity index (χ3n) is 2.88. The van der Waals surface area contributed by atoms with Crippen molar-refractivity contribution in [3.63, 3.8) is 0 Å². The lowest BCUT2D eigenvalue weighted by atomic mass is 9.87. The Labute approximate surface area is 114 Å². The molecule has 0 aliphatic rings. The van der Waals surface area contributed by atoms with Crippen LogP contribution in [0, 0.1) is 5.41 Å². The fraction of sp³-hybridized carbons (Fsp3) is 0.500. The maximum absolute atomic E-state index is 12.1. The molecule has 0 bridgehead atoms. The molecule has 19 heavy (non-hydrogen) atoms. The highest BCUT2D eigenvalue weighted by Crippen LogP contribution is 2.29. The SMILES string of the molecule is COc1ccc(NC(=O)[C@@H](N)C(C)(C)C)c(OC)c1. The van der Waals surface area contributed by atoms with Crippen molar-refractivity contribution in [2.24, 2.45) is 11.1 Å². The van der Waals surface area contributed by atoms with Gasteiger partial charge in [0, 0.05) is 6.07 Å². The zero-order chi connectivity index (χ0) is 14.6. The molecule has 0 aliphatic heterocycles. The summed E-state index contributed by atoms with van der Waals surface area (Å²) in [6.07, 6.45) is 0. The van der Waals surface area contributed by atoms with E-state index in [1.807, 2.05) is 20.8 Å². The molecule has 0 heterocycles. The molecule has 1 aromatic rings. The van der Waals surface area contributed by atoms with Crippen LogP contribution < -0.4 is 20.5 Å². The summed E-state index contributed by atoms with van der Waals surface area (Å²) in [6, 6.07) is 4.59. The standard InChI is InChI=1S/C14H22N2O3/c1-14(2,3)12(15)13(17)16-10-7-6-9(18-4)8-11(10)19-5/h6-8,12H,15H2,1-5H3,(H,16,17)/t12-/m1/s1. The van der Waals surface area contributed by atoms with E-state index in [9.17, 15) is 4.79 Å². The average molecular weight is 266 g/mol. The highest BCUT2D eigenvalue weighted by molar-refractivity contribution is 5.96. The Hall–Kier alpha value is -1.75. The van der Waals surface area contributed by atoms with Gasteiger partial charge >= 0.3 is 0 Å². The van der Waals surface area contributed by atoms with Gasteiger partial charge in [-0.3, -0.25) is 4.79 Å². The van der Waals surface area contributed by atoms with Gasteiger partial charge in [-0.15, -0.1) is 0 Å². The Morgan fingerprint density at radius 1 is 1.26 bits per heavy atom. The molecule has 5 heteroatoms. The van der Waals surface area contributed by atoms with Crippen LogP contribution in [0.5, 0.6) is 11.5 Å². The van der Waals surface area contributed by atoms with Crippen molar-refractivity contribution in [3.8, 4) is 11.5 Å². The topological polar surface area (TPSA) is 73.6 Å². The molecular weight excluding hydrogens is 244 g/mol. The third-order valence-corrected chi connectivity index (χ3v) is 2.88.